The van der Waals surface area contributed by atoms with E-state index in [9.17, 15) is 23.6 Å². The molecule has 3 aromatic rings. The molecule has 1 aromatic heterocycles. The van der Waals surface area contributed by atoms with Crippen LogP contribution in [-0.4, -0.2) is 28.2 Å². The van der Waals surface area contributed by atoms with Gasteiger partial charge < -0.3 is 10.2 Å². The predicted octanol–water partition coefficient (Wildman–Crippen LogP) is 6.81. The molecule has 0 aliphatic carbocycles. The first kappa shape index (κ1) is 27.4. The van der Waals surface area contributed by atoms with E-state index in [0.717, 1.165) is 12.1 Å². The first-order valence-corrected chi connectivity index (χ1v) is 13.2. The molecular weight excluding hydrogens is 541 g/mol. The number of pyridine rings is 1. The van der Waals surface area contributed by atoms with Crippen molar-refractivity contribution in [2.45, 2.75) is 38.6 Å². The summed E-state index contributed by atoms with van der Waals surface area (Å²) in [5.41, 5.74) is 1.38. The maximum atomic E-state index is 15.1. The molecule has 2 amide bonds. The van der Waals surface area contributed by atoms with Crippen LogP contribution in [-0.2, 0) is 9.59 Å². The summed E-state index contributed by atoms with van der Waals surface area (Å²) in [7, 11) is 0. The molecule has 40 heavy (non-hydrogen) atoms. The molecule has 0 saturated heterocycles. The van der Waals surface area contributed by atoms with Crippen LogP contribution in [0.5, 0.6) is 0 Å². The van der Waals surface area contributed by atoms with Crippen LogP contribution in [0.1, 0.15) is 55.5 Å². The minimum Gasteiger partial charge on any atom is -0.330 e. The number of anilines is 1. The van der Waals surface area contributed by atoms with E-state index >= 15 is 4.39 Å². The molecule has 2 bridgehead atoms. The fraction of sp³-hybridized carbons (Fsp3) is 0.267. The average Bonchev–Trinajstić information content (AvgIpc) is 2.92. The highest BCUT2D eigenvalue weighted by Crippen LogP contribution is 2.38. The smallest absolute Gasteiger partial charge is 0.247 e. The number of hydrogen-bond donors (Lipinski definition) is 1. The lowest BCUT2D eigenvalue weighted by atomic mass is 9.91. The zero-order chi connectivity index (χ0) is 28.6. The Hall–Kier alpha value is -4.16. The van der Waals surface area contributed by atoms with Gasteiger partial charge in [0.1, 0.15) is 11.6 Å². The number of fused-ring (bicyclic) bond motifs is 4. The molecule has 3 heterocycles. The molecule has 2 atom stereocenters. The van der Waals surface area contributed by atoms with Gasteiger partial charge in [-0.05, 0) is 60.7 Å². The van der Waals surface area contributed by atoms with Gasteiger partial charge in [0.05, 0.1) is 34.1 Å². The third-order valence-corrected chi connectivity index (χ3v) is 7.69. The van der Waals surface area contributed by atoms with E-state index < -0.39 is 35.3 Å². The molecular formula is C30H24ClF3N4O2. The second-order valence-electron chi connectivity index (χ2n) is 9.96. The Morgan fingerprint density at radius 2 is 1.90 bits per heavy atom. The summed E-state index contributed by atoms with van der Waals surface area (Å²) in [5, 5.41) is 12.0. The largest absolute Gasteiger partial charge is 0.330 e. The monoisotopic (exact) mass is 564 g/mol. The number of benzene rings is 2. The number of hydrogen-bond acceptors (Lipinski definition) is 4. The van der Waals surface area contributed by atoms with Crippen molar-refractivity contribution in [3.63, 3.8) is 0 Å². The van der Waals surface area contributed by atoms with Crippen molar-refractivity contribution >= 4 is 34.7 Å². The molecule has 0 fully saturated rings. The van der Waals surface area contributed by atoms with Crippen LogP contribution in [0, 0.1) is 34.7 Å². The molecule has 0 unspecified atom stereocenters. The molecule has 0 saturated carbocycles. The van der Waals surface area contributed by atoms with Crippen molar-refractivity contribution < 1.29 is 22.8 Å². The van der Waals surface area contributed by atoms with Gasteiger partial charge in [-0.2, -0.15) is 5.26 Å². The van der Waals surface area contributed by atoms with Gasteiger partial charge >= 0.3 is 0 Å². The summed E-state index contributed by atoms with van der Waals surface area (Å²) >= 11 is 5.96. The Morgan fingerprint density at radius 3 is 2.65 bits per heavy atom. The summed E-state index contributed by atoms with van der Waals surface area (Å²) in [5.74, 6) is -3.63. The van der Waals surface area contributed by atoms with Gasteiger partial charge in [-0.15, -0.1) is 0 Å². The van der Waals surface area contributed by atoms with Crippen molar-refractivity contribution in [1.29, 1.82) is 5.26 Å². The number of rotatable bonds is 2. The lowest BCUT2D eigenvalue weighted by Crippen LogP contribution is -2.38. The predicted molar refractivity (Wildman–Crippen MR) is 144 cm³/mol. The zero-order valence-electron chi connectivity index (χ0n) is 21.5. The fourth-order valence-corrected chi connectivity index (χ4v) is 5.50. The molecule has 204 valence electrons. The van der Waals surface area contributed by atoms with Crippen molar-refractivity contribution in [2.75, 3.05) is 11.9 Å². The Morgan fingerprint density at radius 1 is 1.10 bits per heavy atom. The first-order chi connectivity index (χ1) is 19.2. The zero-order valence-corrected chi connectivity index (χ0v) is 22.2. The molecule has 0 radical (unpaired) electrons. The Kier molecular flexibility index (Phi) is 7.63. The average molecular weight is 565 g/mol. The molecule has 10 heteroatoms. The second-order valence-corrected chi connectivity index (χ2v) is 10.4. The number of nitriles is 1. The van der Waals surface area contributed by atoms with Crippen LogP contribution in [0.15, 0.2) is 48.7 Å². The van der Waals surface area contributed by atoms with E-state index in [0.29, 0.717) is 36.1 Å². The normalized spacial score (nSPS) is 19.5. The number of aromatic nitrogens is 1. The van der Waals surface area contributed by atoms with Crippen LogP contribution in [0.4, 0.5) is 18.9 Å². The maximum Gasteiger partial charge on any atom is 0.247 e. The number of carbonyl (C=O) groups is 2. The van der Waals surface area contributed by atoms with E-state index in [4.69, 9.17) is 11.6 Å². The second kappa shape index (κ2) is 11.1. The van der Waals surface area contributed by atoms with E-state index in [1.165, 1.54) is 24.4 Å². The number of nitrogens with one attached hydrogen (secondary N) is 1. The van der Waals surface area contributed by atoms with Gasteiger partial charge in [-0.3, -0.25) is 14.6 Å². The minimum atomic E-state index is -0.841. The van der Waals surface area contributed by atoms with Gasteiger partial charge in [0.2, 0.25) is 11.8 Å². The molecule has 0 spiro atoms. The van der Waals surface area contributed by atoms with Gasteiger partial charge in [0.25, 0.3) is 0 Å². The molecule has 1 N–H and O–H groups in total. The van der Waals surface area contributed by atoms with E-state index in [2.05, 4.69) is 10.3 Å². The van der Waals surface area contributed by atoms with E-state index in [-0.39, 0.29) is 46.3 Å². The summed E-state index contributed by atoms with van der Waals surface area (Å²) in [6.45, 7) is 1.95. The fourth-order valence-electron chi connectivity index (χ4n) is 5.34. The SMILES string of the molecule is C[C@@H]1CCC[C@H](N2CCC(c3c(C#N)ccc(Cl)c3F)=CC2=O)c2cc(ccn2)-c2c(F)cc(F)cc2NC1=O. The first-order valence-electron chi connectivity index (χ1n) is 12.8. The lowest BCUT2D eigenvalue weighted by molar-refractivity contribution is -0.129. The summed E-state index contributed by atoms with van der Waals surface area (Å²) in [6.07, 6.45) is 4.57. The van der Waals surface area contributed by atoms with E-state index in [1.807, 2.05) is 6.07 Å². The van der Waals surface area contributed by atoms with Crippen LogP contribution in [0.25, 0.3) is 16.7 Å². The molecule has 2 aliphatic rings. The van der Waals surface area contributed by atoms with Crippen LogP contribution in [0.3, 0.4) is 0 Å². The van der Waals surface area contributed by atoms with Gasteiger partial charge in [-0.1, -0.05) is 24.9 Å². The van der Waals surface area contributed by atoms with E-state index in [1.54, 1.807) is 24.0 Å². The van der Waals surface area contributed by atoms with Crippen molar-refractivity contribution in [3.8, 4) is 17.2 Å². The quantitative estimate of drug-likeness (QED) is 0.371. The number of nitrogens with zero attached hydrogens (tertiary/aromatic N) is 3. The number of halogens is 4. The number of carbonyl (C=O) groups excluding carboxylic acids is 2. The third-order valence-electron chi connectivity index (χ3n) is 7.40. The lowest BCUT2D eigenvalue weighted by Gasteiger charge is -2.34. The van der Waals surface area contributed by atoms with Gasteiger partial charge in [-0.25, -0.2) is 13.2 Å². The van der Waals surface area contributed by atoms with Crippen molar-refractivity contribution in [1.82, 2.24) is 9.88 Å². The maximum absolute atomic E-state index is 15.1. The minimum absolute atomic E-state index is 0.0148. The molecule has 5 rings (SSSR count). The third kappa shape index (κ3) is 5.19. The Balaban J connectivity index is 1.56. The highest BCUT2D eigenvalue weighted by atomic mass is 35.5. The summed E-state index contributed by atoms with van der Waals surface area (Å²) in [6, 6.07) is 9.18. The van der Waals surface area contributed by atoms with Crippen LogP contribution in [0.2, 0.25) is 5.02 Å². The number of amides is 2. The Bertz CT molecular complexity index is 1600. The van der Waals surface area contributed by atoms with Gasteiger partial charge in [0, 0.05) is 41.9 Å². The van der Waals surface area contributed by atoms with Crippen LogP contribution >= 0.6 is 11.6 Å². The standard InChI is InChI=1S/C30H24ClF3N4O2/c1-16-3-2-4-25(38-10-8-18(12-26(38)39)27-19(15-35)5-6-21(31)29(27)34)23-11-17(7-9-36-23)28-22(33)13-20(32)14-24(28)37-30(16)40/h5-7,9,11-14,16,25H,2-4,8,10H2,1H3,(H,37,40)/t16-,25+/m1/s1. The Labute approximate surface area is 234 Å². The molecule has 2 aliphatic heterocycles. The van der Waals surface area contributed by atoms with Crippen molar-refractivity contribution in [3.05, 3.63) is 88.0 Å². The molecule has 2 aromatic carbocycles. The van der Waals surface area contributed by atoms with Crippen molar-refractivity contribution in [2.24, 2.45) is 5.92 Å². The highest BCUT2D eigenvalue weighted by Gasteiger charge is 2.31. The van der Waals surface area contributed by atoms with Gasteiger partial charge in [0.15, 0.2) is 5.82 Å². The summed E-state index contributed by atoms with van der Waals surface area (Å²) < 4.78 is 44.1. The molecule has 6 nitrogen and oxygen atoms in total. The topological polar surface area (TPSA) is 86.1 Å². The van der Waals surface area contributed by atoms with Crippen LogP contribution < -0.4 is 5.32 Å². The highest BCUT2D eigenvalue weighted by molar-refractivity contribution is 6.31. The summed E-state index contributed by atoms with van der Waals surface area (Å²) in [4.78, 5) is 32.4.